The van der Waals surface area contributed by atoms with E-state index < -0.39 is 5.54 Å². The summed E-state index contributed by atoms with van der Waals surface area (Å²) in [5.41, 5.74) is 5.83. The normalized spacial score (nSPS) is 17.7. The van der Waals surface area contributed by atoms with Gasteiger partial charge in [0.25, 0.3) is 5.89 Å². The molecule has 1 aliphatic rings. The molecule has 0 saturated heterocycles. The van der Waals surface area contributed by atoms with E-state index in [4.69, 9.17) is 19.7 Å². The summed E-state index contributed by atoms with van der Waals surface area (Å²) in [5, 5.41) is 3.95. The van der Waals surface area contributed by atoms with Crippen molar-refractivity contribution in [2.45, 2.75) is 37.8 Å². The molecule has 1 aromatic rings. The molecular formula is C11H20ClN3O3. The van der Waals surface area contributed by atoms with Crippen molar-refractivity contribution in [3.05, 3.63) is 11.7 Å². The highest BCUT2D eigenvalue weighted by Gasteiger charge is 2.35. The summed E-state index contributed by atoms with van der Waals surface area (Å²) in [7, 11) is 1.63. The van der Waals surface area contributed by atoms with Gasteiger partial charge in [-0.15, -0.1) is 12.4 Å². The van der Waals surface area contributed by atoms with Gasteiger partial charge in [0.1, 0.15) is 6.61 Å². The molecule has 6 nitrogen and oxygen atoms in total. The van der Waals surface area contributed by atoms with Gasteiger partial charge in [0.2, 0.25) is 0 Å². The molecule has 7 heteroatoms. The Hall–Kier alpha value is -0.690. The van der Waals surface area contributed by atoms with Gasteiger partial charge in [0.15, 0.2) is 5.82 Å². The SMILES string of the molecule is COCCOCc1nc(C2(N)CCCC2)no1.Cl. The molecule has 18 heavy (non-hydrogen) atoms. The average molecular weight is 278 g/mol. The molecule has 0 bridgehead atoms. The molecule has 0 atom stereocenters. The van der Waals surface area contributed by atoms with Crippen molar-refractivity contribution in [2.75, 3.05) is 20.3 Å². The van der Waals surface area contributed by atoms with E-state index in [9.17, 15) is 0 Å². The van der Waals surface area contributed by atoms with Crippen LogP contribution in [0.2, 0.25) is 0 Å². The second-order valence-corrected chi connectivity index (χ2v) is 4.42. The number of nitrogens with zero attached hydrogens (tertiary/aromatic N) is 2. The summed E-state index contributed by atoms with van der Waals surface area (Å²) < 4.78 is 15.3. The summed E-state index contributed by atoms with van der Waals surface area (Å²) in [6.07, 6.45) is 4.11. The minimum Gasteiger partial charge on any atom is -0.382 e. The Bertz CT molecular complexity index is 353. The lowest BCUT2D eigenvalue weighted by Gasteiger charge is -2.17. The van der Waals surface area contributed by atoms with Crippen molar-refractivity contribution < 1.29 is 14.0 Å². The van der Waals surface area contributed by atoms with E-state index in [1.807, 2.05) is 0 Å². The molecule has 0 aromatic carbocycles. The molecule has 1 heterocycles. The molecule has 0 radical (unpaired) electrons. The van der Waals surface area contributed by atoms with Crippen LogP contribution in [0.1, 0.15) is 37.4 Å². The highest BCUT2D eigenvalue weighted by atomic mass is 35.5. The first kappa shape index (κ1) is 15.4. The van der Waals surface area contributed by atoms with E-state index >= 15 is 0 Å². The number of aromatic nitrogens is 2. The monoisotopic (exact) mass is 277 g/mol. The number of hydrogen-bond donors (Lipinski definition) is 1. The minimum absolute atomic E-state index is 0. The van der Waals surface area contributed by atoms with Crippen LogP contribution in [-0.4, -0.2) is 30.5 Å². The maximum absolute atomic E-state index is 6.22. The smallest absolute Gasteiger partial charge is 0.252 e. The van der Waals surface area contributed by atoms with Crippen LogP contribution < -0.4 is 5.73 Å². The molecule has 1 aliphatic carbocycles. The van der Waals surface area contributed by atoms with Crippen LogP contribution in [0.5, 0.6) is 0 Å². The van der Waals surface area contributed by atoms with E-state index in [-0.39, 0.29) is 12.4 Å². The zero-order chi connectivity index (χ0) is 12.1. The number of rotatable bonds is 6. The van der Waals surface area contributed by atoms with Gasteiger partial charge in [-0.2, -0.15) is 4.98 Å². The van der Waals surface area contributed by atoms with Crippen LogP contribution in [0.4, 0.5) is 0 Å². The standard InChI is InChI=1S/C11H19N3O3.ClH/c1-15-6-7-16-8-9-13-10(14-17-9)11(12)4-2-3-5-11;/h2-8,12H2,1H3;1H. The molecule has 0 amide bonds. The highest BCUT2D eigenvalue weighted by Crippen LogP contribution is 2.34. The van der Waals surface area contributed by atoms with Gasteiger partial charge in [-0.1, -0.05) is 18.0 Å². The first-order valence-electron chi connectivity index (χ1n) is 5.93. The summed E-state index contributed by atoms with van der Waals surface area (Å²) in [4.78, 5) is 4.29. The third-order valence-electron chi connectivity index (χ3n) is 3.07. The van der Waals surface area contributed by atoms with Gasteiger partial charge in [0.05, 0.1) is 18.8 Å². The third-order valence-corrected chi connectivity index (χ3v) is 3.07. The van der Waals surface area contributed by atoms with Crippen LogP contribution >= 0.6 is 12.4 Å². The first-order valence-corrected chi connectivity index (χ1v) is 5.93. The maximum atomic E-state index is 6.22. The topological polar surface area (TPSA) is 83.4 Å². The Morgan fingerprint density at radius 2 is 2.06 bits per heavy atom. The molecule has 2 N–H and O–H groups in total. The number of methoxy groups -OCH3 is 1. The molecule has 1 fully saturated rings. The Morgan fingerprint density at radius 3 is 2.72 bits per heavy atom. The van der Waals surface area contributed by atoms with Gasteiger partial charge in [0, 0.05) is 7.11 Å². The molecule has 0 unspecified atom stereocenters. The van der Waals surface area contributed by atoms with Crippen molar-refractivity contribution in [1.29, 1.82) is 0 Å². The van der Waals surface area contributed by atoms with Gasteiger partial charge >= 0.3 is 0 Å². The number of ether oxygens (including phenoxy) is 2. The molecule has 0 spiro atoms. The summed E-state index contributed by atoms with van der Waals surface area (Å²) in [6, 6.07) is 0. The van der Waals surface area contributed by atoms with Crippen LogP contribution in [-0.2, 0) is 21.6 Å². The Labute approximate surface area is 113 Å². The Morgan fingerprint density at radius 1 is 1.33 bits per heavy atom. The lowest BCUT2D eigenvalue weighted by molar-refractivity contribution is 0.0494. The zero-order valence-electron chi connectivity index (χ0n) is 10.6. The van der Waals surface area contributed by atoms with Crippen molar-refractivity contribution >= 4 is 12.4 Å². The van der Waals surface area contributed by atoms with Crippen molar-refractivity contribution in [2.24, 2.45) is 5.73 Å². The van der Waals surface area contributed by atoms with Gasteiger partial charge < -0.3 is 19.7 Å². The predicted molar refractivity (Wildman–Crippen MR) is 67.4 cm³/mol. The van der Waals surface area contributed by atoms with Crippen molar-refractivity contribution in [1.82, 2.24) is 10.1 Å². The second kappa shape index (κ2) is 7.04. The lowest BCUT2D eigenvalue weighted by Crippen LogP contribution is -2.34. The lowest BCUT2D eigenvalue weighted by atomic mass is 9.99. The predicted octanol–water partition coefficient (Wildman–Crippen LogP) is 1.38. The minimum atomic E-state index is -0.395. The van der Waals surface area contributed by atoms with E-state index in [0.717, 1.165) is 25.7 Å². The molecular weight excluding hydrogens is 258 g/mol. The van der Waals surface area contributed by atoms with Gasteiger partial charge in [-0.3, -0.25) is 0 Å². The highest BCUT2D eigenvalue weighted by molar-refractivity contribution is 5.85. The Kier molecular flexibility index (Phi) is 6.01. The maximum Gasteiger partial charge on any atom is 0.252 e. The van der Waals surface area contributed by atoms with Gasteiger partial charge in [-0.05, 0) is 12.8 Å². The number of nitrogens with two attached hydrogens (primary N) is 1. The van der Waals surface area contributed by atoms with Crippen molar-refractivity contribution in [3.8, 4) is 0 Å². The number of halogens is 1. The zero-order valence-corrected chi connectivity index (χ0v) is 11.4. The van der Waals surface area contributed by atoms with Crippen LogP contribution in [0, 0.1) is 0 Å². The quantitative estimate of drug-likeness (QED) is 0.791. The van der Waals surface area contributed by atoms with E-state index in [1.54, 1.807) is 7.11 Å². The molecule has 0 aliphatic heterocycles. The molecule has 1 saturated carbocycles. The van der Waals surface area contributed by atoms with E-state index in [1.165, 1.54) is 0 Å². The van der Waals surface area contributed by atoms with Crippen LogP contribution in [0.3, 0.4) is 0 Å². The van der Waals surface area contributed by atoms with Gasteiger partial charge in [-0.25, -0.2) is 0 Å². The Balaban J connectivity index is 0.00000162. The molecule has 1 aromatic heterocycles. The van der Waals surface area contributed by atoms with E-state index in [0.29, 0.717) is 31.5 Å². The largest absolute Gasteiger partial charge is 0.382 e. The molecule has 2 rings (SSSR count). The van der Waals surface area contributed by atoms with Crippen LogP contribution in [0.15, 0.2) is 4.52 Å². The fourth-order valence-corrected chi connectivity index (χ4v) is 2.05. The number of hydrogen-bond acceptors (Lipinski definition) is 6. The summed E-state index contributed by atoms with van der Waals surface area (Å²) >= 11 is 0. The average Bonchev–Trinajstić information content (AvgIpc) is 2.94. The van der Waals surface area contributed by atoms with Crippen LogP contribution in [0.25, 0.3) is 0 Å². The summed E-state index contributed by atoms with van der Waals surface area (Å²) in [6.45, 7) is 1.39. The first-order chi connectivity index (χ1) is 8.24. The summed E-state index contributed by atoms with van der Waals surface area (Å²) in [5.74, 6) is 1.09. The molecule has 104 valence electrons. The fourth-order valence-electron chi connectivity index (χ4n) is 2.05. The van der Waals surface area contributed by atoms with Crippen molar-refractivity contribution in [3.63, 3.8) is 0 Å². The third kappa shape index (κ3) is 3.65. The second-order valence-electron chi connectivity index (χ2n) is 4.42. The fraction of sp³-hybridized carbons (Fsp3) is 0.818. The van der Waals surface area contributed by atoms with E-state index in [2.05, 4.69) is 10.1 Å².